The number of hydrogen-bond donors (Lipinski definition) is 2. The van der Waals surface area contributed by atoms with Crippen molar-refractivity contribution in [3.05, 3.63) is 29.6 Å². The number of rotatable bonds is 2. The fourth-order valence-electron chi connectivity index (χ4n) is 0.768. The first-order valence-corrected chi connectivity index (χ1v) is 4.44. The molecule has 0 aliphatic rings. The minimum Gasteiger partial charge on any atom is -0.286 e. The normalized spacial score (nSPS) is 10.2. The summed E-state index contributed by atoms with van der Waals surface area (Å²) >= 11 is 0. The maximum Gasteiger partial charge on any atom is 0.222 e. The summed E-state index contributed by atoms with van der Waals surface area (Å²) in [5.74, 6) is -0.420. The van der Waals surface area contributed by atoms with Gasteiger partial charge in [0, 0.05) is 0 Å². The monoisotopic (exact) mass is 189 g/mol. The SMILES string of the molecule is Cc1ccc(N[SH](=O)=O)cc1F. The van der Waals surface area contributed by atoms with Crippen LogP contribution in [0.25, 0.3) is 0 Å². The molecule has 0 aliphatic heterocycles. The lowest BCUT2D eigenvalue weighted by molar-refractivity contribution is 0.617. The van der Waals surface area contributed by atoms with Crippen molar-refractivity contribution in [2.75, 3.05) is 4.72 Å². The number of hydrogen-bond acceptors (Lipinski definition) is 2. The van der Waals surface area contributed by atoms with E-state index >= 15 is 0 Å². The molecule has 0 heterocycles. The molecule has 1 rings (SSSR count). The molecular weight excluding hydrogens is 181 g/mol. The third kappa shape index (κ3) is 2.20. The van der Waals surface area contributed by atoms with Gasteiger partial charge in [-0.25, -0.2) is 12.8 Å². The number of thiol groups is 1. The summed E-state index contributed by atoms with van der Waals surface area (Å²) in [7, 11) is -2.72. The minimum absolute atomic E-state index is 0.245. The van der Waals surface area contributed by atoms with Gasteiger partial charge in [-0.2, -0.15) is 0 Å². The average molecular weight is 189 g/mol. The predicted molar refractivity (Wildman–Crippen MR) is 45.1 cm³/mol. The molecule has 0 saturated carbocycles. The highest BCUT2D eigenvalue weighted by atomic mass is 32.2. The van der Waals surface area contributed by atoms with Crippen LogP contribution in [0.1, 0.15) is 5.56 Å². The summed E-state index contributed by atoms with van der Waals surface area (Å²) in [6.07, 6.45) is 0. The average Bonchev–Trinajstić information content (AvgIpc) is 1.96. The van der Waals surface area contributed by atoms with Crippen LogP contribution in [0.15, 0.2) is 18.2 Å². The van der Waals surface area contributed by atoms with Gasteiger partial charge in [-0.1, -0.05) is 6.07 Å². The third-order valence-electron chi connectivity index (χ3n) is 1.39. The molecule has 1 N–H and O–H groups in total. The van der Waals surface area contributed by atoms with Crippen molar-refractivity contribution in [2.24, 2.45) is 0 Å². The fourth-order valence-corrected chi connectivity index (χ4v) is 1.12. The first kappa shape index (κ1) is 8.99. The molecule has 12 heavy (non-hydrogen) atoms. The number of nitrogens with one attached hydrogen (secondary N) is 1. The van der Waals surface area contributed by atoms with Gasteiger partial charge in [-0.15, -0.1) is 0 Å². The Kier molecular flexibility index (Phi) is 2.65. The van der Waals surface area contributed by atoms with Crippen molar-refractivity contribution in [3.63, 3.8) is 0 Å². The molecular formula is C7H8FNO2S. The Morgan fingerprint density at radius 1 is 1.42 bits per heavy atom. The lowest BCUT2D eigenvalue weighted by Gasteiger charge is -1.99. The molecule has 0 unspecified atom stereocenters. The van der Waals surface area contributed by atoms with E-state index in [-0.39, 0.29) is 5.69 Å². The van der Waals surface area contributed by atoms with Gasteiger partial charge in [0.2, 0.25) is 10.9 Å². The van der Waals surface area contributed by atoms with E-state index in [0.29, 0.717) is 5.56 Å². The van der Waals surface area contributed by atoms with Crippen LogP contribution in [-0.2, 0) is 10.9 Å². The summed E-state index contributed by atoms with van der Waals surface area (Å²) in [6.45, 7) is 1.61. The van der Waals surface area contributed by atoms with Crippen LogP contribution >= 0.6 is 0 Å². The summed E-state index contributed by atoms with van der Waals surface area (Å²) in [6, 6.07) is 4.15. The molecule has 1 aromatic rings. The number of aryl methyl sites for hydroxylation is 1. The molecule has 5 heteroatoms. The quantitative estimate of drug-likeness (QED) is 0.684. The minimum atomic E-state index is -2.72. The third-order valence-corrected chi connectivity index (χ3v) is 1.83. The lowest BCUT2D eigenvalue weighted by Crippen LogP contribution is -1.95. The van der Waals surface area contributed by atoms with E-state index in [1.807, 2.05) is 0 Å². The zero-order valence-electron chi connectivity index (χ0n) is 6.37. The van der Waals surface area contributed by atoms with Crippen LogP contribution in [0.4, 0.5) is 10.1 Å². The topological polar surface area (TPSA) is 46.2 Å². The number of halogens is 1. The van der Waals surface area contributed by atoms with E-state index < -0.39 is 16.7 Å². The van der Waals surface area contributed by atoms with E-state index in [9.17, 15) is 12.8 Å². The summed E-state index contributed by atoms with van der Waals surface area (Å²) < 4.78 is 35.2. The van der Waals surface area contributed by atoms with Gasteiger partial charge < -0.3 is 0 Å². The number of benzene rings is 1. The predicted octanol–water partition coefficient (Wildman–Crippen LogP) is 1.07. The Labute approximate surface area is 71.3 Å². The number of anilines is 1. The van der Waals surface area contributed by atoms with Crippen LogP contribution in [0, 0.1) is 12.7 Å². The second kappa shape index (κ2) is 3.53. The Morgan fingerprint density at radius 3 is 2.58 bits per heavy atom. The molecule has 0 amide bonds. The molecule has 0 atom stereocenters. The van der Waals surface area contributed by atoms with Gasteiger partial charge >= 0.3 is 0 Å². The van der Waals surface area contributed by atoms with Crippen molar-refractivity contribution < 1.29 is 12.8 Å². The highest BCUT2D eigenvalue weighted by Crippen LogP contribution is 2.12. The lowest BCUT2D eigenvalue weighted by atomic mass is 10.2. The Morgan fingerprint density at radius 2 is 2.08 bits per heavy atom. The molecule has 1 aromatic carbocycles. The van der Waals surface area contributed by atoms with E-state index in [0.717, 1.165) is 6.07 Å². The molecule has 0 fully saturated rings. The van der Waals surface area contributed by atoms with Crippen molar-refractivity contribution in [1.82, 2.24) is 0 Å². The van der Waals surface area contributed by atoms with Gasteiger partial charge in [0.25, 0.3) is 0 Å². The molecule has 66 valence electrons. The highest BCUT2D eigenvalue weighted by molar-refractivity contribution is 7.73. The van der Waals surface area contributed by atoms with Gasteiger partial charge in [-0.05, 0) is 24.6 Å². The van der Waals surface area contributed by atoms with Crippen LogP contribution < -0.4 is 4.72 Å². The van der Waals surface area contributed by atoms with Gasteiger partial charge in [-0.3, -0.25) is 4.72 Å². The Balaban J connectivity index is 2.97. The second-order valence-electron chi connectivity index (χ2n) is 2.33. The van der Waals surface area contributed by atoms with Crippen LogP contribution in [0.5, 0.6) is 0 Å². The van der Waals surface area contributed by atoms with Gasteiger partial charge in [0.1, 0.15) is 5.82 Å². The molecule has 0 bridgehead atoms. The van der Waals surface area contributed by atoms with E-state index in [1.165, 1.54) is 12.1 Å². The van der Waals surface area contributed by atoms with Crippen LogP contribution in [0.2, 0.25) is 0 Å². The molecule has 0 spiro atoms. The van der Waals surface area contributed by atoms with E-state index in [1.54, 1.807) is 6.92 Å². The van der Waals surface area contributed by atoms with Crippen molar-refractivity contribution in [2.45, 2.75) is 6.92 Å². The summed E-state index contributed by atoms with van der Waals surface area (Å²) in [4.78, 5) is 0. The van der Waals surface area contributed by atoms with Crippen molar-refractivity contribution in [1.29, 1.82) is 0 Å². The maximum atomic E-state index is 12.8. The van der Waals surface area contributed by atoms with E-state index in [4.69, 9.17) is 0 Å². The Hall–Kier alpha value is -1.10. The molecule has 0 aromatic heterocycles. The first-order chi connectivity index (χ1) is 5.59. The first-order valence-electron chi connectivity index (χ1n) is 3.27. The van der Waals surface area contributed by atoms with Gasteiger partial charge in [0.15, 0.2) is 0 Å². The zero-order chi connectivity index (χ0) is 9.14. The van der Waals surface area contributed by atoms with Crippen molar-refractivity contribution >= 4 is 16.6 Å². The zero-order valence-corrected chi connectivity index (χ0v) is 7.27. The van der Waals surface area contributed by atoms with Crippen LogP contribution in [0.3, 0.4) is 0 Å². The largest absolute Gasteiger partial charge is 0.286 e. The van der Waals surface area contributed by atoms with Gasteiger partial charge in [0.05, 0.1) is 5.69 Å². The smallest absolute Gasteiger partial charge is 0.222 e. The molecule has 3 nitrogen and oxygen atoms in total. The summed E-state index contributed by atoms with van der Waals surface area (Å²) in [5.41, 5.74) is 0.732. The molecule has 0 saturated heterocycles. The molecule has 0 aliphatic carbocycles. The second-order valence-corrected chi connectivity index (χ2v) is 3.07. The van der Waals surface area contributed by atoms with Crippen molar-refractivity contribution in [3.8, 4) is 0 Å². The maximum absolute atomic E-state index is 12.8. The highest BCUT2D eigenvalue weighted by Gasteiger charge is 1.98. The standard InChI is InChI=1S/C7H8FNO2S/c1-5-2-3-6(4-7(5)8)9-12(10)11/h2-4,12H,1H3,(H,9,10,11). The van der Waals surface area contributed by atoms with Crippen LogP contribution in [-0.4, -0.2) is 8.42 Å². The summed E-state index contributed by atoms with van der Waals surface area (Å²) in [5, 5.41) is 0. The Bertz CT molecular complexity index is 354. The fraction of sp³-hybridized carbons (Fsp3) is 0.143. The van der Waals surface area contributed by atoms with E-state index in [2.05, 4.69) is 4.72 Å². The molecule has 0 radical (unpaired) electrons.